The van der Waals surface area contributed by atoms with Crippen molar-refractivity contribution in [2.75, 3.05) is 19.6 Å². The third kappa shape index (κ3) is 2.58. The topological polar surface area (TPSA) is 78.7 Å². The molecule has 3 amide bonds. The molecular weight excluding hydrogens is 232 g/mol. The van der Waals surface area contributed by atoms with E-state index in [1.165, 1.54) is 4.90 Å². The third-order valence-corrected chi connectivity index (χ3v) is 3.69. The van der Waals surface area contributed by atoms with Crippen molar-refractivity contribution in [2.45, 2.75) is 44.8 Å². The highest BCUT2D eigenvalue weighted by Gasteiger charge is 2.37. The highest BCUT2D eigenvalue weighted by atomic mass is 16.2. The summed E-state index contributed by atoms with van der Waals surface area (Å²) in [6, 6.07) is -0.246. The highest BCUT2D eigenvalue weighted by molar-refractivity contribution is 5.87. The molecule has 0 spiro atoms. The number of nitrogens with zero attached hydrogens (tertiary/aromatic N) is 2. The Labute approximate surface area is 107 Å². The number of nitrogens with two attached hydrogens (primary N) is 1. The lowest BCUT2D eigenvalue weighted by Gasteiger charge is -2.38. The number of carbonyl (C=O) groups excluding carboxylic acids is 2. The Kier molecular flexibility index (Phi) is 3.75. The molecule has 6 nitrogen and oxygen atoms in total. The molecule has 3 N–H and O–H groups in total. The molecule has 18 heavy (non-hydrogen) atoms. The van der Waals surface area contributed by atoms with Crippen molar-refractivity contribution in [3.05, 3.63) is 0 Å². The molecule has 2 heterocycles. The number of primary amides is 1. The standard InChI is InChI=1S/C12H22N4O2/c1-8-6-15(7-9(2)14-8)11(17)10-4-3-5-16(10)12(13)18/h8-10,14H,3-7H2,1-2H3,(H2,13,18)/t8-,9-,10-/m0/s1. The molecule has 0 bridgehead atoms. The second kappa shape index (κ2) is 5.14. The van der Waals surface area contributed by atoms with Crippen LogP contribution in [0.25, 0.3) is 0 Å². The van der Waals surface area contributed by atoms with Crippen LogP contribution in [0.4, 0.5) is 4.79 Å². The van der Waals surface area contributed by atoms with E-state index in [1.807, 2.05) is 4.90 Å². The average molecular weight is 254 g/mol. The van der Waals surface area contributed by atoms with E-state index < -0.39 is 6.03 Å². The Morgan fingerprint density at radius 1 is 1.22 bits per heavy atom. The van der Waals surface area contributed by atoms with Gasteiger partial charge in [0, 0.05) is 31.7 Å². The van der Waals surface area contributed by atoms with Gasteiger partial charge in [0.05, 0.1) is 0 Å². The predicted molar refractivity (Wildman–Crippen MR) is 68.0 cm³/mol. The number of hydrogen-bond donors (Lipinski definition) is 2. The van der Waals surface area contributed by atoms with Crippen molar-refractivity contribution >= 4 is 11.9 Å². The van der Waals surface area contributed by atoms with Crippen LogP contribution in [0, 0.1) is 0 Å². The van der Waals surface area contributed by atoms with Crippen molar-refractivity contribution < 1.29 is 9.59 Å². The number of hydrogen-bond acceptors (Lipinski definition) is 3. The summed E-state index contributed by atoms with van der Waals surface area (Å²) in [6.07, 6.45) is 1.59. The first kappa shape index (κ1) is 13.1. The molecule has 3 atom stereocenters. The van der Waals surface area contributed by atoms with Gasteiger partial charge in [-0.3, -0.25) is 4.79 Å². The molecule has 0 aromatic rings. The number of rotatable bonds is 1. The van der Waals surface area contributed by atoms with Crippen molar-refractivity contribution in [3.63, 3.8) is 0 Å². The van der Waals surface area contributed by atoms with Gasteiger partial charge in [0.1, 0.15) is 6.04 Å². The van der Waals surface area contributed by atoms with E-state index in [-0.39, 0.29) is 11.9 Å². The summed E-state index contributed by atoms with van der Waals surface area (Å²) in [7, 11) is 0. The lowest BCUT2D eigenvalue weighted by atomic mass is 10.1. The Morgan fingerprint density at radius 2 is 1.83 bits per heavy atom. The first-order valence-electron chi connectivity index (χ1n) is 6.60. The van der Waals surface area contributed by atoms with E-state index in [0.717, 1.165) is 12.8 Å². The molecule has 6 heteroatoms. The SMILES string of the molecule is C[C@H]1CN(C(=O)[C@@H]2CCCN2C(N)=O)C[C@H](C)N1. The van der Waals surface area contributed by atoms with Crippen LogP contribution in [-0.2, 0) is 4.79 Å². The maximum absolute atomic E-state index is 12.5. The Morgan fingerprint density at radius 3 is 2.39 bits per heavy atom. The Balaban J connectivity index is 2.04. The van der Waals surface area contributed by atoms with Crippen LogP contribution >= 0.6 is 0 Å². The molecule has 2 fully saturated rings. The van der Waals surface area contributed by atoms with Gasteiger partial charge in [0.2, 0.25) is 5.91 Å². The lowest BCUT2D eigenvalue weighted by molar-refractivity contribution is -0.136. The van der Waals surface area contributed by atoms with Gasteiger partial charge in [0.25, 0.3) is 0 Å². The first-order chi connectivity index (χ1) is 8.49. The monoisotopic (exact) mass is 254 g/mol. The molecule has 102 valence electrons. The molecule has 2 saturated heterocycles. The summed E-state index contributed by atoms with van der Waals surface area (Å²) in [5, 5.41) is 3.39. The molecule has 0 radical (unpaired) electrons. The maximum Gasteiger partial charge on any atom is 0.315 e. The van der Waals surface area contributed by atoms with Crippen LogP contribution in [0.3, 0.4) is 0 Å². The Bertz CT molecular complexity index is 337. The zero-order valence-electron chi connectivity index (χ0n) is 11.1. The van der Waals surface area contributed by atoms with Crippen LogP contribution in [0.1, 0.15) is 26.7 Å². The average Bonchev–Trinajstić information content (AvgIpc) is 2.75. The molecule has 2 rings (SSSR count). The summed E-state index contributed by atoms with van der Waals surface area (Å²) in [4.78, 5) is 27.1. The maximum atomic E-state index is 12.5. The second-order valence-corrected chi connectivity index (χ2v) is 5.40. The van der Waals surface area contributed by atoms with Crippen LogP contribution in [0.5, 0.6) is 0 Å². The zero-order chi connectivity index (χ0) is 13.3. The van der Waals surface area contributed by atoms with Gasteiger partial charge in [-0.25, -0.2) is 4.79 Å². The zero-order valence-corrected chi connectivity index (χ0v) is 11.1. The number of urea groups is 1. The van der Waals surface area contributed by atoms with E-state index in [2.05, 4.69) is 19.2 Å². The molecule has 2 aliphatic heterocycles. The summed E-state index contributed by atoms with van der Waals surface area (Å²) in [5.41, 5.74) is 5.31. The number of amides is 3. The van der Waals surface area contributed by atoms with Crippen molar-refractivity contribution in [2.24, 2.45) is 5.73 Å². The number of piperazine rings is 1. The van der Waals surface area contributed by atoms with Crippen molar-refractivity contribution in [1.29, 1.82) is 0 Å². The normalized spacial score (nSPS) is 32.7. The summed E-state index contributed by atoms with van der Waals surface area (Å²) < 4.78 is 0. The fraction of sp³-hybridized carbons (Fsp3) is 0.833. The van der Waals surface area contributed by atoms with Crippen molar-refractivity contribution in [1.82, 2.24) is 15.1 Å². The minimum Gasteiger partial charge on any atom is -0.351 e. The molecule has 0 aromatic heterocycles. The van der Waals surface area contributed by atoms with Gasteiger partial charge in [0.15, 0.2) is 0 Å². The van der Waals surface area contributed by atoms with E-state index >= 15 is 0 Å². The first-order valence-corrected chi connectivity index (χ1v) is 6.60. The van der Waals surface area contributed by atoms with Gasteiger partial charge >= 0.3 is 6.03 Å². The van der Waals surface area contributed by atoms with Crippen LogP contribution < -0.4 is 11.1 Å². The van der Waals surface area contributed by atoms with Gasteiger partial charge in [-0.1, -0.05) is 0 Å². The molecule has 2 aliphatic rings. The van der Waals surface area contributed by atoms with E-state index in [4.69, 9.17) is 5.73 Å². The quantitative estimate of drug-likeness (QED) is 0.676. The molecular formula is C12H22N4O2. The summed E-state index contributed by atoms with van der Waals surface area (Å²) in [6.45, 7) is 6.13. The number of nitrogens with one attached hydrogen (secondary N) is 1. The van der Waals surface area contributed by atoms with Gasteiger partial charge in [-0.2, -0.15) is 0 Å². The Hall–Kier alpha value is -1.30. The van der Waals surface area contributed by atoms with Gasteiger partial charge < -0.3 is 20.9 Å². The fourth-order valence-electron chi connectivity index (χ4n) is 3.00. The fourth-order valence-corrected chi connectivity index (χ4v) is 3.00. The molecule has 0 aromatic carbocycles. The smallest absolute Gasteiger partial charge is 0.315 e. The van der Waals surface area contributed by atoms with E-state index in [0.29, 0.717) is 31.7 Å². The molecule has 0 aliphatic carbocycles. The summed E-state index contributed by atoms with van der Waals surface area (Å²) >= 11 is 0. The third-order valence-electron chi connectivity index (χ3n) is 3.69. The lowest BCUT2D eigenvalue weighted by Crippen LogP contribution is -2.59. The largest absolute Gasteiger partial charge is 0.351 e. The minimum absolute atomic E-state index is 0.0477. The number of carbonyl (C=O) groups is 2. The van der Waals surface area contributed by atoms with Crippen LogP contribution in [0.15, 0.2) is 0 Å². The second-order valence-electron chi connectivity index (χ2n) is 5.40. The summed E-state index contributed by atoms with van der Waals surface area (Å²) in [5.74, 6) is 0.0477. The van der Waals surface area contributed by atoms with Gasteiger partial charge in [-0.05, 0) is 26.7 Å². The van der Waals surface area contributed by atoms with E-state index in [9.17, 15) is 9.59 Å². The van der Waals surface area contributed by atoms with Crippen molar-refractivity contribution in [3.8, 4) is 0 Å². The van der Waals surface area contributed by atoms with E-state index in [1.54, 1.807) is 0 Å². The minimum atomic E-state index is -0.484. The molecule has 0 unspecified atom stereocenters. The predicted octanol–water partition coefficient (Wildman–Crippen LogP) is -0.262. The van der Waals surface area contributed by atoms with Gasteiger partial charge in [-0.15, -0.1) is 0 Å². The van der Waals surface area contributed by atoms with Crippen LogP contribution in [0.2, 0.25) is 0 Å². The number of likely N-dealkylation sites (tertiary alicyclic amines) is 1. The highest BCUT2D eigenvalue weighted by Crippen LogP contribution is 2.20. The van der Waals surface area contributed by atoms with Crippen LogP contribution in [-0.4, -0.2) is 59.5 Å². The molecule has 0 saturated carbocycles.